The molecule has 102 valence electrons. The van der Waals surface area contributed by atoms with Gasteiger partial charge >= 0.3 is 5.97 Å². The van der Waals surface area contributed by atoms with Crippen LogP contribution in [0.5, 0.6) is 0 Å². The monoisotopic (exact) mass is 255 g/mol. The second kappa shape index (κ2) is 6.04. The predicted octanol–water partition coefficient (Wildman–Crippen LogP) is 0.0344. The zero-order chi connectivity index (χ0) is 13.0. The molecule has 2 heterocycles. The van der Waals surface area contributed by atoms with E-state index in [1.165, 1.54) is 13.5 Å². The minimum absolute atomic E-state index is 0.221. The van der Waals surface area contributed by atoms with Crippen LogP contribution >= 0.6 is 0 Å². The number of nitrogens with zero attached hydrogens (tertiary/aromatic N) is 1. The first-order valence-electron chi connectivity index (χ1n) is 6.42. The Hall–Kier alpha value is -1.30. The van der Waals surface area contributed by atoms with Gasteiger partial charge in [-0.2, -0.15) is 0 Å². The van der Waals surface area contributed by atoms with Gasteiger partial charge in [-0.05, 0) is 19.3 Å². The van der Waals surface area contributed by atoms with Crippen molar-refractivity contribution in [2.75, 3.05) is 20.7 Å². The van der Waals surface area contributed by atoms with Crippen molar-refractivity contribution in [2.24, 2.45) is 4.99 Å². The van der Waals surface area contributed by atoms with E-state index in [9.17, 15) is 4.79 Å². The van der Waals surface area contributed by atoms with Crippen LogP contribution in [0.25, 0.3) is 0 Å². The lowest BCUT2D eigenvalue weighted by Gasteiger charge is -2.22. The van der Waals surface area contributed by atoms with Gasteiger partial charge in [0.2, 0.25) is 0 Å². The lowest BCUT2D eigenvalue weighted by atomic mass is 9.96. The van der Waals surface area contributed by atoms with Crippen LogP contribution in [0.1, 0.15) is 25.7 Å². The third kappa shape index (κ3) is 3.13. The van der Waals surface area contributed by atoms with E-state index in [-0.39, 0.29) is 5.97 Å². The van der Waals surface area contributed by atoms with Crippen molar-refractivity contribution >= 4 is 11.9 Å². The molecule has 2 rings (SSSR count). The molecule has 3 unspecified atom stereocenters. The molecule has 6 nitrogen and oxygen atoms in total. The summed E-state index contributed by atoms with van der Waals surface area (Å²) in [7, 11) is 3.11. The molecule has 3 atom stereocenters. The van der Waals surface area contributed by atoms with E-state index in [1.807, 2.05) is 0 Å². The number of hydrogen-bond donors (Lipinski definition) is 2. The quantitative estimate of drug-likeness (QED) is 0.421. The third-order valence-electron chi connectivity index (χ3n) is 3.50. The van der Waals surface area contributed by atoms with Gasteiger partial charge in [0.25, 0.3) is 0 Å². The van der Waals surface area contributed by atoms with Gasteiger partial charge < -0.3 is 20.1 Å². The molecule has 2 aliphatic rings. The largest absolute Gasteiger partial charge is 0.469 e. The molecule has 0 aromatic carbocycles. The molecule has 18 heavy (non-hydrogen) atoms. The van der Waals surface area contributed by atoms with Gasteiger partial charge in [-0.15, -0.1) is 0 Å². The molecular formula is C12H21N3O3. The summed E-state index contributed by atoms with van der Waals surface area (Å²) >= 11 is 0. The van der Waals surface area contributed by atoms with Crippen LogP contribution in [-0.4, -0.2) is 50.9 Å². The van der Waals surface area contributed by atoms with E-state index in [0.717, 1.165) is 18.8 Å². The Morgan fingerprint density at radius 1 is 1.50 bits per heavy atom. The highest BCUT2D eigenvalue weighted by Gasteiger charge is 2.41. The minimum atomic E-state index is -0.221. The first-order chi connectivity index (χ1) is 8.72. The molecule has 0 saturated carbocycles. The van der Waals surface area contributed by atoms with Crippen molar-refractivity contribution in [3.63, 3.8) is 0 Å². The normalized spacial score (nSPS) is 30.3. The molecule has 2 N–H and O–H groups in total. The fraction of sp³-hybridized carbons (Fsp3) is 0.833. The maximum absolute atomic E-state index is 11.0. The fourth-order valence-electron chi connectivity index (χ4n) is 2.55. The van der Waals surface area contributed by atoms with Gasteiger partial charge in [-0.1, -0.05) is 0 Å². The number of fused-ring (bicyclic) bond motifs is 2. The lowest BCUT2D eigenvalue weighted by molar-refractivity contribution is -0.140. The number of carbonyl (C=O) groups is 1. The Balaban J connectivity index is 1.71. The van der Waals surface area contributed by atoms with E-state index in [4.69, 9.17) is 4.74 Å². The van der Waals surface area contributed by atoms with Crippen molar-refractivity contribution in [3.8, 4) is 0 Å². The maximum atomic E-state index is 11.0. The summed E-state index contributed by atoms with van der Waals surface area (Å²) in [5.41, 5.74) is 0. The number of ether oxygens (including phenoxy) is 2. The molecule has 2 saturated heterocycles. The Morgan fingerprint density at radius 2 is 2.33 bits per heavy atom. The molecule has 0 radical (unpaired) electrons. The molecule has 0 aromatic heterocycles. The van der Waals surface area contributed by atoms with E-state index in [0.29, 0.717) is 31.2 Å². The molecular weight excluding hydrogens is 234 g/mol. The average molecular weight is 255 g/mol. The molecule has 0 aliphatic carbocycles. The van der Waals surface area contributed by atoms with Crippen molar-refractivity contribution in [1.29, 1.82) is 0 Å². The van der Waals surface area contributed by atoms with Crippen LogP contribution < -0.4 is 10.6 Å². The lowest BCUT2D eigenvalue weighted by Crippen LogP contribution is -2.47. The van der Waals surface area contributed by atoms with Crippen LogP contribution in [0.2, 0.25) is 0 Å². The number of nitrogens with one attached hydrogen (secondary N) is 2. The van der Waals surface area contributed by atoms with Crippen molar-refractivity contribution in [3.05, 3.63) is 0 Å². The highest BCUT2D eigenvalue weighted by Crippen LogP contribution is 2.34. The van der Waals surface area contributed by atoms with Gasteiger partial charge in [0.05, 0.1) is 31.8 Å². The van der Waals surface area contributed by atoms with Crippen molar-refractivity contribution in [1.82, 2.24) is 10.6 Å². The number of guanidine groups is 1. The smallest absolute Gasteiger partial charge is 0.307 e. The van der Waals surface area contributed by atoms with Crippen LogP contribution in [0.4, 0.5) is 0 Å². The Bertz CT molecular complexity index is 333. The number of rotatable bonds is 4. The highest BCUT2D eigenvalue weighted by atomic mass is 16.5. The number of hydrogen-bond acceptors (Lipinski definition) is 4. The average Bonchev–Trinajstić information content (AvgIpc) is 2.99. The Labute approximate surface area is 107 Å². The first kappa shape index (κ1) is 13.1. The first-order valence-corrected chi connectivity index (χ1v) is 6.42. The molecule has 2 fully saturated rings. The van der Waals surface area contributed by atoms with Crippen LogP contribution in [0, 0.1) is 0 Å². The summed E-state index contributed by atoms with van der Waals surface area (Å²) in [5.74, 6) is 0.501. The Morgan fingerprint density at radius 3 is 2.89 bits per heavy atom. The highest BCUT2D eigenvalue weighted by molar-refractivity contribution is 5.80. The molecule has 2 aliphatic heterocycles. The number of aliphatic imine (C=N–C) groups is 1. The molecule has 2 bridgehead atoms. The molecule has 0 spiro atoms. The van der Waals surface area contributed by atoms with Crippen LogP contribution in [0.15, 0.2) is 4.99 Å². The van der Waals surface area contributed by atoms with Gasteiger partial charge in [0.1, 0.15) is 0 Å². The Kier molecular flexibility index (Phi) is 4.41. The minimum Gasteiger partial charge on any atom is -0.469 e. The standard InChI is InChI=1S/C12H21N3O3/c1-13-12(14-6-5-11(16)17-2)15-9-7-8-3-4-10(9)18-8/h8-10H,3-7H2,1-2H3,(H2,13,14,15). The summed E-state index contributed by atoms with van der Waals surface area (Å²) in [6.07, 6.45) is 4.42. The summed E-state index contributed by atoms with van der Waals surface area (Å²) in [6.45, 7) is 0.522. The summed E-state index contributed by atoms with van der Waals surface area (Å²) < 4.78 is 10.4. The second-order valence-corrected chi connectivity index (χ2v) is 4.69. The van der Waals surface area contributed by atoms with Gasteiger partial charge in [0.15, 0.2) is 5.96 Å². The van der Waals surface area contributed by atoms with E-state index >= 15 is 0 Å². The second-order valence-electron chi connectivity index (χ2n) is 4.69. The number of carbonyl (C=O) groups excluding carboxylic acids is 1. The predicted molar refractivity (Wildman–Crippen MR) is 67.4 cm³/mol. The zero-order valence-electron chi connectivity index (χ0n) is 10.9. The van der Waals surface area contributed by atoms with E-state index in [2.05, 4.69) is 20.4 Å². The topological polar surface area (TPSA) is 72.0 Å². The van der Waals surface area contributed by atoms with Crippen LogP contribution in [0.3, 0.4) is 0 Å². The number of methoxy groups -OCH3 is 1. The zero-order valence-corrected chi connectivity index (χ0v) is 10.9. The maximum Gasteiger partial charge on any atom is 0.307 e. The third-order valence-corrected chi connectivity index (χ3v) is 3.50. The summed E-state index contributed by atoms with van der Waals surface area (Å²) in [6, 6.07) is 0.341. The van der Waals surface area contributed by atoms with E-state index in [1.54, 1.807) is 7.05 Å². The van der Waals surface area contributed by atoms with Crippen molar-refractivity contribution < 1.29 is 14.3 Å². The number of esters is 1. The van der Waals surface area contributed by atoms with E-state index < -0.39 is 0 Å². The molecule has 0 amide bonds. The summed E-state index contributed by atoms with van der Waals surface area (Å²) in [5, 5.41) is 6.45. The molecule has 0 aromatic rings. The van der Waals surface area contributed by atoms with Crippen LogP contribution in [-0.2, 0) is 14.3 Å². The van der Waals surface area contributed by atoms with Crippen molar-refractivity contribution in [2.45, 2.75) is 43.9 Å². The fourth-order valence-corrected chi connectivity index (χ4v) is 2.55. The SMILES string of the molecule is CN=C(NCCC(=O)OC)NC1CC2CCC1O2. The van der Waals surface area contributed by atoms with Gasteiger partial charge in [-0.3, -0.25) is 9.79 Å². The molecule has 6 heteroatoms. The van der Waals surface area contributed by atoms with Gasteiger partial charge in [-0.25, -0.2) is 0 Å². The summed E-state index contributed by atoms with van der Waals surface area (Å²) in [4.78, 5) is 15.1. The van der Waals surface area contributed by atoms with Gasteiger partial charge in [0, 0.05) is 13.6 Å².